The van der Waals surface area contributed by atoms with E-state index < -0.39 is 23.5 Å². The number of aliphatic hydroxyl groups excluding tert-OH is 1. The van der Waals surface area contributed by atoms with Gasteiger partial charge < -0.3 is 18.8 Å². The Morgan fingerprint density at radius 1 is 1.23 bits per heavy atom. The zero-order chi connectivity index (χ0) is 21.4. The van der Waals surface area contributed by atoms with Crippen molar-refractivity contribution >= 4 is 22.7 Å². The summed E-state index contributed by atoms with van der Waals surface area (Å²) >= 11 is 0. The molecule has 8 heteroatoms. The summed E-state index contributed by atoms with van der Waals surface area (Å²) < 4.78 is 13.2. The number of aliphatic hydroxyl groups is 1. The average molecular weight is 418 g/mol. The summed E-state index contributed by atoms with van der Waals surface area (Å²) in [6, 6.07) is 11.4. The third-order valence-electron chi connectivity index (χ3n) is 5.43. The maximum absolute atomic E-state index is 13.3. The first-order valence-corrected chi connectivity index (χ1v) is 9.96. The molecule has 1 atom stereocenters. The molecule has 0 aliphatic carbocycles. The molecule has 5 rings (SSSR count). The van der Waals surface area contributed by atoms with Gasteiger partial charge in [-0.2, -0.15) is 0 Å². The molecule has 0 saturated heterocycles. The Balaban J connectivity index is 1.47. The number of furan rings is 2. The lowest BCUT2D eigenvalue weighted by atomic mass is 9.99. The van der Waals surface area contributed by atoms with E-state index >= 15 is 0 Å². The summed E-state index contributed by atoms with van der Waals surface area (Å²) in [5.41, 5.74) is 0.526. The fourth-order valence-electron chi connectivity index (χ4n) is 3.97. The molecule has 156 valence electrons. The van der Waals surface area contributed by atoms with Crippen LogP contribution in [0.3, 0.4) is 0 Å². The van der Waals surface area contributed by atoms with E-state index in [-0.39, 0.29) is 11.3 Å². The van der Waals surface area contributed by atoms with Crippen molar-refractivity contribution in [3.63, 3.8) is 0 Å². The minimum atomic E-state index is -0.820. The number of carbonyl (C=O) groups excluding carboxylic acids is 2. The molecule has 0 spiro atoms. The standard InChI is InChI=1S/C23H19N3O5/c27-21(18-13-15-5-1-2-6-16(15)31-18)19-20(17-7-3-12-30-17)26(23(29)22(19)28)10-4-9-25-11-8-24-14-25/h1-3,5-8,11-14,20H,4,9-10H2,(H,27,28)/p+1. The van der Waals surface area contributed by atoms with Crippen molar-refractivity contribution < 1.29 is 28.1 Å². The van der Waals surface area contributed by atoms with Crippen LogP contribution in [0, 0.1) is 0 Å². The molecule has 0 bridgehead atoms. The minimum Gasteiger partial charge on any atom is -0.503 e. The molecule has 1 amide bonds. The first-order chi connectivity index (χ1) is 15.1. The predicted molar refractivity (Wildman–Crippen MR) is 109 cm³/mol. The van der Waals surface area contributed by atoms with Crippen LogP contribution in [0.15, 0.2) is 87.6 Å². The number of fused-ring (bicyclic) bond motifs is 1. The topological polar surface area (TPSA) is 104 Å². The highest BCUT2D eigenvalue weighted by Crippen LogP contribution is 2.39. The Morgan fingerprint density at radius 2 is 2.10 bits per heavy atom. The third kappa shape index (κ3) is 3.31. The fourth-order valence-corrected chi connectivity index (χ4v) is 3.97. The Morgan fingerprint density at radius 3 is 2.84 bits per heavy atom. The molecule has 8 nitrogen and oxygen atoms in total. The molecular weight excluding hydrogens is 398 g/mol. The summed E-state index contributed by atoms with van der Waals surface area (Å²) in [6.45, 7) is 1.01. The minimum absolute atomic E-state index is 0.0340. The van der Waals surface area contributed by atoms with Gasteiger partial charge in [0.2, 0.25) is 12.1 Å². The van der Waals surface area contributed by atoms with E-state index in [0.717, 1.165) is 5.39 Å². The Hall–Kier alpha value is -4.07. The quantitative estimate of drug-likeness (QED) is 0.354. The molecule has 1 aliphatic rings. The number of nitrogens with one attached hydrogen (secondary N) is 1. The van der Waals surface area contributed by atoms with Gasteiger partial charge in [-0.05, 0) is 24.3 Å². The van der Waals surface area contributed by atoms with Gasteiger partial charge in [-0.15, -0.1) is 0 Å². The number of H-pyrrole nitrogens is 1. The number of ketones is 1. The van der Waals surface area contributed by atoms with E-state index in [2.05, 4.69) is 4.98 Å². The molecule has 3 aromatic heterocycles. The van der Waals surface area contributed by atoms with Gasteiger partial charge in [0, 0.05) is 18.4 Å². The second-order valence-electron chi connectivity index (χ2n) is 7.36. The fraction of sp³-hybridized carbons (Fsp3) is 0.174. The highest BCUT2D eigenvalue weighted by atomic mass is 16.3. The van der Waals surface area contributed by atoms with E-state index in [1.165, 1.54) is 11.2 Å². The smallest absolute Gasteiger partial charge is 0.290 e. The summed E-state index contributed by atoms with van der Waals surface area (Å²) in [6.07, 6.45) is 7.63. The van der Waals surface area contributed by atoms with E-state index in [1.54, 1.807) is 24.3 Å². The number of nitrogens with zero attached hydrogens (tertiary/aromatic N) is 2. The number of imidazole rings is 1. The molecular formula is C23H20N3O5+. The number of hydrogen-bond acceptors (Lipinski definition) is 5. The van der Waals surface area contributed by atoms with Crippen molar-refractivity contribution in [3.8, 4) is 0 Å². The molecule has 1 aromatic carbocycles. The maximum Gasteiger partial charge on any atom is 0.290 e. The van der Waals surface area contributed by atoms with Crippen molar-refractivity contribution in [1.29, 1.82) is 0 Å². The van der Waals surface area contributed by atoms with E-state index in [4.69, 9.17) is 8.83 Å². The zero-order valence-electron chi connectivity index (χ0n) is 16.5. The van der Waals surface area contributed by atoms with Gasteiger partial charge in [-0.25, -0.2) is 4.57 Å². The van der Waals surface area contributed by atoms with E-state index in [9.17, 15) is 14.7 Å². The van der Waals surface area contributed by atoms with Gasteiger partial charge >= 0.3 is 0 Å². The van der Waals surface area contributed by atoms with Crippen molar-refractivity contribution in [3.05, 3.63) is 90.3 Å². The molecule has 2 N–H and O–H groups in total. The molecule has 0 fully saturated rings. The van der Waals surface area contributed by atoms with Crippen LogP contribution in [-0.2, 0) is 11.3 Å². The van der Waals surface area contributed by atoms with Gasteiger partial charge in [0.25, 0.3) is 5.91 Å². The van der Waals surface area contributed by atoms with Crippen molar-refractivity contribution in [2.24, 2.45) is 0 Å². The molecule has 1 unspecified atom stereocenters. The van der Waals surface area contributed by atoms with Gasteiger partial charge in [0.05, 0.1) is 18.4 Å². The number of amides is 1. The number of aromatic nitrogens is 2. The second kappa shape index (κ2) is 7.64. The second-order valence-corrected chi connectivity index (χ2v) is 7.36. The number of carbonyl (C=O) groups is 2. The van der Waals surface area contributed by atoms with Crippen molar-refractivity contribution in [2.75, 3.05) is 6.54 Å². The largest absolute Gasteiger partial charge is 0.503 e. The number of aromatic amines is 1. The van der Waals surface area contributed by atoms with E-state index in [1.807, 2.05) is 41.5 Å². The molecule has 0 radical (unpaired) electrons. The normalized spacial score (nSPS) is 16.6. The van der Waals surface area contributed by atoms with Gasteiger partial charge in [-0.3, -0.25) is 14.6 Å². The summed E-state index contributed by atoms with van der Waals surface area (Å²) in [7, 11) is 0. The van der Waals surface area contributed by atoms with Crippen LogP contribution in [0.5, 0.6) is 0 Å². The lowest BCUT2D eigenvalue weighted by molar-refractivity contribution is -0.695. The van der Waals surface area contributed by atoms with Gasteiger partial charge in [-0.1, -0.05) is 18.2 Å². The van der Waals surface area contributed by atoms with Crippen LogP contribution >= 0.6 is 0 Å². The number of rotatable bonds is 7. The predicted octanol–water partition coefficient (Wildman–Crippen LogP) is 3.31. The monoisotopic (exact) mass is 418 g/mol. The SMILES string of the molecule is O=C(C1=C(O)C(=O)N(CCC[n+]2cc[nH]c2)C1c1ccco1)c1cc2ccccc2o1. The zero-order valence-corrected chi connectivity index (χ0v) is 16.5. The highest BCUT2D eigenvalue weighted by molar-refractivity contribution is 6.15. The van der Waals surface area contributed by atoms with Gasteiger partial charge in [0.15, 0.2) is 11.5 Å². The Labute approximate surface area is 177 Å². The lowest BCUT2D eigenvalue weighted by Crippen LogP contribution is -2.36. The van der Waals surface area contributed by atoms with Crippen molar-refractivity contribution in [1.82, 2.24) is 9.88 Å². The molecule has 1 aliphatic heterocycles. The first-order valence-electron chi connectivity index (χ1n) is 9.96. The number of Topliss-reactive ketones (excluding diaryl/α,β-unsaturated/α-hetero) is 1. The molecule has 4 aromatic rings. The van der Waals surface area contributed by atoms with Crippen LogP contribution in [0.1, 0.15) is 28.8 Å². The van der Waals surface area contributed by atoms with E-state index in [0.29, 0.717) is 30.9 Å². The van der Waals surface area contributed by atoms with Crippen LogP contribution in [-0.4, -0.2) is 33.2 Å². The number of hydrogen-bond donors (Lipinski definition) is 2. The lowest BCUT2D eigenvalue weighted by Gasteiger charge is -2.24. The maximum atomic E-state index is 13.3. The first kappa shape index (κ1) is 18.9. The summed E-state index contributed by atoms with van der Waals surface area (Å²) in [5, 5.41) is 11.4. The Bertz CT molecular complexity index is 1230. The number of para-hydroxylation sites is 1. The highest BCUT2D eigenvalue weighted by Gasteiger charge is 2.45. The Kier molecular flexibility index (Phi) is 4.66. The number of benzene rings is 1. The molecule has 4 heterocycles. The summed E-state index contributed by atoms with van der Waals surface area (Å²) in [4.78, 5) is 30.7. The van der Waals surface area contributed by atoms with Crippen LogP contribution in [0.25, 0.3) is 11.0 Å². The van der Waals surface area contributed by atoms with Crippen LogP contribution < -0.4 is 4.57 Å². The average Bonchev–Trinajstić information content (AvgIpc) is 3.57. The molecule has 31 heavy (non-hydrogen) atoms. The third-order valence-corrected chi connectivity index (χ3v) is 5.43. The van der Waals surface area contributed by atoms with Crippen molar-refractivity contribution in [2.45, 2.75) is 19.0 Å². The number of aryl methyl sites for hydroxylation is 1. The molecule has 0 saturated carbocycles. The van der Waals surface area contributed by atoms with Crippen LogP contribution in [0.4, 0.5) is 0 Å². The van der Waals surface area contributed by atoms with Gasteiger partial charge in [0.1, 0.15) is 29.8 Å². The summed E-state index contributed by atoms with van der Waals surface area (Å²) in [5.74, 6) is -1.23. The van der Waals surface area contributed by atoms with Crippen LogP contribution in [0.2, 0.25) is 0 Å².